The van der Waals surface area contributed by atoms with Crippen LogP contribution in [0.5, 0.6) is 5.75 Å². The second kappa shape index (κ2) is 19.6. The highest BCUT2D eigenvalue weighted by molar-refractivity contribution is 7.13. The molecule has 0 aliphatic carbocycles. The summed E-state index contributed by atoms with van der Waals surface area (Å²) in [6.45, 7) is 15.9. The predicted molar refractivity (Wildman–Crippen MR) is 252 cm³/mol. The summed E-state index contributed by atoms with van der Waals surface area (Å²) in [6.07, 6.45) is 3.49. The number of piperidine rings is 1. The van der Waals surface area contributed by atoms with Crippen molar-refractivity contribution in [2.45, 2.75) is 89.9 Å². The van der Waals surface area contributed by atoms with Crippen LogP contribution in [0, 0.1) is 18.8 Å². The van der Waals surface area contributed by atoms with Crippen LogP contribution in [0.3, 0.4) is 0 Å². The summed E-state index contributed by atoms with van der Waals surface area (Å²) < 4.78 is 5.88. The van der Waals surface area contributed by atoms with E-state index in [0.29, 0.717) is 29.0 Å². The SMILES string of the molecule is Cc1ncsc1-c1ccc([C@H](C)NC(=O)[C@@H]2C[C@@H](O)CN2C(=O)[C@@H](c2cc(CCCN3CCC[C@H](CN4CCN5c6cc(-c7ccccc7O)nnc6NC[C@@H]5C4)C3)no2)C(C)C)cc1. The third-order valence-corrected chi connectivity index (χ3v) is 14.8. The number of carbonyl (C=O) groups excluding carboxylic acids is 2. The monoisotopic (exact) mass is 902 g/mol. The summed E-state index contributed by atoms with van der Waals surface area (Å²) in [5.74, 6) is 0.871. The highest BCUT2D eigenvalue weighted by Gasteiger charge is 2.43. The number of likely N-dealkylation sites (tertiary alicyclic amines) is 2. The van der Waals surface area contributed by atoms with Crippen LogP contribution in [0.25, 0.3) is 21.7 Å². The van der Waals surface area contributed by atoms with Crippen molar-refractivity contribution in [1.82, 2.24) is 40.4 Å². The van der Waals surface area contributed by atoms with Gasteiger partial charge >= 0.3 is 0 Å². The lowest BCUT2D eigenvalue weighted by molar-refractivity contribution is -0.141. The topological polar surface area (TPSA) is 176 Å². The zero-order valence-electron chi connectivity index (χ0n) is 37.9. The number of aryl methyl sites for hydroxylation is 2. The van der Waals surface area contributed by atoms with Crippen molar-refractivity contribution in [3.05, 3.63) is 88.9 Å². The van der Waals surface area contributed by atoms with Gasteiger partial charge in [0.2, 0.25) is 11.8 Å². The van der Waals surface area contributed by atoms with Crippen LogP contribution in [0.4, 0.5) is 11.5 Å². The van der Waals surface area contributed by atoms with E-state index >= 15 is 0 Å². The number of phenolic OH excluding ortho intramolecular Hbond substituents is 1. The molecular formula is C49H62N10O5S. The molecule has 0 radical (unpaired) electrons. The normalized spacial score (nSPS) is 22.3. The number of β-amino-alcohol motifs (C(OH)–C–C–N with tert-alkyl or cyclic N) is 1. The number of fused-ring (bicyclic) bond motifs is 3. The number of thiazole rings is 1. The number of rotatable bonds is 14. The maximum atomic E-state index is 14.3. The van der Waals surface area contributed by atoms with Gasteiger partial charge in [0.05, 0.1) is 51.3 Å². The number of aliphatic hydroxyl groups excluding tert-OH is 1. The molecule has 6 atom stereocenters. The number of amides is 2. The van der Waals surface area contributed by atoms with E-state index in [1.54, 1.807) is 17.4 Å². The van der Waals surface area contributed by atoms with Gasteiger partial charge in [0, 0.05) is 63.9 Å². The number of carbonyl (C=O) groups is 2. The van der Waals surface area contributed by atoms with Gasteiger partial charge in [0.25, 0.3) is 0 Å². The van der Waals surface area contributed by atoms with E-state index in [-0.39, 0.29) is 42.5 Å². The third-order valence-electron chi connectivity index (χ3n) is 13.8. The Morgan fingerprint density at radius 2 is 1.83 bits per heavy atom. The second-order valence-electron chi connectivity index (χ2n) is 18.8. The summed E-state index contributed by atoms with van der Waals surface area (Å²) in [4.78, 5) is 42.7. The minimum atomic E-state index is -0.792. The lowest BCUT2D eigenvalue weighted by Gasteiger charge is -2.47. The Morgan fingerprint density at radius 3 is 2.62 bits per heavy atom. The van der Waals surface area contributed by atoms with Crippen molar-refractivity contribution in [3.63, 3.8) is 0 Å². The van der Waals surface area contributed by atoms with Crippen LogP contribution >= 0.6 is 11.3 Å². The number of anilines is 2. The molecule has 344 valence electrons. The van der Waals surface area contributed by atoms with Gasteiger partial charge in [0.15, 0.2) is 5.82 Å². The molecule has 3 saturated heterocycles. The van der Waals surface area contributed by atoms with Crippen molar-refractivity contribution >= 4 is 34.7 Å². The van der Waals surface area contributed by atoms with Crippen LogP contribution in [0.2, 0.25) is 0 Å². The number of nitrogens with zero attached hydrogens (tertiary/aromatic N) is 8. The van der Waals surface area contributed by atoms with Gasteiger partial charge in [-0.15, -0.1) is 21.5 Å². The summed E-state index contributed by atoms with van der Waals surface area (Å²) >= 11 is 1.60. The molecule has 0 unspecified atom stereocenters. The van der Waals surface area contributed by atoms with Crippen LogP contribution in [-0.4, -0.2) is 134 Å². The van der Waals surface area contributed by atoms with Crippen molar-refractivity contribution < 1.29 is 24.3 Å². The summed E-state index contributed by atoms with van der Waals surface area (Å²) in [5, 5.41) is 41.1. The number of hydrogen-bond acceptors (Lipinski definition) is 14. The first-order valence-electron chi connectivity index (χ1n) is 23.3. The van der Waals surface area contributed by atoms with Crippen LogP contribution in [0.1, 0.15) is 81.1 Å². The van der Waals surface area contributed by atoms with E-state index in [1.165, 1.54) is 17.7 Å². The smallest absolute Gasteiger partial charge is 0.243 e. The number of piperazine rings is 1. The number of phenols is 1. The van der Waals surface area contributed by atoms with Gasteiger partial charge < -0.3 is 40.1 Å². The quantitative estimate of drug-likeness (QED) is 0.101. The maximum absolute atomic E-state index is 14.3. The van der Waals surface area contributed by atoms with Crippen molar-refractivity contribution in [1.29, 1.82) is 0 Å². The first-order chi connectivity index (χ1) is 31.5. The minimum Gasteiger partial charge on any atom is -0.507 e. The standard InChI is InChI=1S/C49H62N10O5S/c1-30(2)45(49(63)59-28-38(60)22-42(59)48(62)52-31(3)34-13-15-35(16-14-34)46-32(4)51-29-65-46)44-21-36(55-64-44)10-8-18-56-17-7-9-33(25-56)26-57-19-20-58-37(27-57)24-50-47-41(58)23-40(53-54-47)39-11-5-6-12-43(39)61/h5-6,11-16,21,23,29-31,33,37-38,42,45,60-61H,7-10,17-20,22,24-28H2,1-4H3,(H,50,54)(H,52,62)/t31-,33-,37+,38+,42-,45+/m0/s1. The van der Waals surface area contributed by atoms with Gasteiger partial charge in [-0.05, 0) is 93.8 Å². The third kappa shape index (κ3) is 9.91. The lowest BCUT2D eigenvalue weighted by Crippen LogP contribution is -2.58. The Labute approximate surface area is 385 Å². The Bertz CT molecular complexity index is 2440. The van der Waals surface area contributed by atoms with E-state index < -0.39 is 18.1 Å². The Hall–Kier alpha value is -5.42. The molecule has 4 aliphatic rings. The largest absolute Gasteiger partial charge is 0.507 e. The molecule has 0 spiro atoms. The lowest BCUT2D eigenvalue weighted by atomic mass is 9.91. The van der Waals surface area contributed by atoms with Gasteiger partial charge in [-0.1, -0.05) is 55.4 Å². The fraction of sp³-hybridized carbons (Fsp3) is 0.510. The molecule has 15 nitrogen and oxygen atoms in total. The van der Waals surface area contributed by atoms with Gasteiger partial charge in [-0.25, -0.2) is 4.98 Å². The van der Waals surface area contributed by atoms with E-state index in [9.17, 15) is 19.8 Å². The van der Waals surface area contributed by atoms with Gasteiger partial charge in [0.1, 0.15) is 23.5 Å². The van der Waals surface area contributed by atoms with Gasteiger partial charge in [-0.2, -0.15) is 0 Å². The first-order valence-corrected chi connectivity index (χ1v) is 24.2. The number of nitrogens with one attached hydrogen (secondary N) is 2. The van der Waals surface area contributed by atoms with Crippen LogP contribution < -0.4 is 15.5 Å². The fourth-order valence-corrected chi connectivity index (χ4v) is 11.2. The van der Waals surface area contributed by atoms with E-state index in [4.69, 9.17) is 4.52 Å². The average Bonchev–Trinajstić information content (AvgIpc) is 4.06. The van der Waals surface area contributed by atoms with Crippen LogP contribution in [0.15, 0.2) is 70.7 Å². The molecule has 65 heavy (non-hydrogen) atoms. The number of hydrogen-bond donors (Lipinski definition) is 4. The fourth-order valence-electron chi connectivity index (χ4n) is 10.4. The molecule has 7 heterocycles. The van der Waals surface area contributed by atoms with Crippen molar-refractivity contribution in [3.8, 4) is 27.4 Å². The van der Waals surface area contributed by atoms with E-state index in [0.717, 1.165) is 104 Å². The Kier molecular flexibility index (Phi) is 13.5. The Balaban J connectivity index is 0.750. The van der Waals surface area contributed by atoms with Crippen LogP contribution in [-0.2, 0) is 16.0 Å². The molecule has 3 fully saturated rings. The molecular weight excluding hydrogens is 841 g/mol. The molecule has 2 amide bonds. The Morgan fingerprint density at radius 1 is 1.00 bits per heavy atom. The molecule has 3 aromatic heterocycles. The van der Waals surface area contributed by atoms with E-state index in [1.807, 2.05) is 81.7 Å². The average molecular weight is 903 g/mol. The maximum Gasteiger partial charge on any atom is 0.243 e. The molecule has 16 heteroatoms. The first kappa shape index (κ1) is 44.8. The summed E-state index contributed by atoms with van der Waals surface area (Å²) in [5.41, 5.74) is 8.11. The molecule has 0 bridgehead atoms. The molecule has 9 rings (SSSR count). The van der Waals surface area contributed by atoms with Gasteiger partial charge in [-0.3, -0.25) is 14.5 Å². The summed E-state index contributed by atoms with van der Waals surface area (Å²) in [7, 11) is 0. The number of para-hydroxylation sites is 1. The van der Waals surface area contributed by atoms with Crippen molar-refractivity contribution in [2.75, 3.05) is 69.1 Å². The molecule has 5 aromatic rings. The number of aromatic nitrogens is 4. The zero-order valence-corrected chi connectivity index (χ0v) is 38.7. The van der Waals surface area contributed by atoms with E-state index in [2.05, 4.69) is 51.7 Å². The molecule has 0 saturated carbocycles. The zero-order chi connectivity index (χ0) is 45.2. The molecule has 4 N–H and O–H groups in total. The highest BCUT2D eigenvalue weighted by Crippen LogP contribution is 2.37. The number of benzene rings is 2. The summed E-state index contributed by atoms with van der Waals surface area (Å²) in [6, 6.07) is 18.6. The molecule has 4 aliphatic heterocycles. The molecule has 2 aromatic carbocycles. The minimum absolute atomic E-state index is 0.0934. The predicted octanol–water partition coefficient (Wildman–Crippen LogP) is 6.11. The number of aromatic hydroxyl groups is 1. The van der Waals surface area contributed by atoms with Crippen molar-refractivity contribution in [2.24, 2.45) is 11.8 Å². The highest BCUT2D eigenvalue weighted by atomic mass is 32.1. The second-order valence-corrected chi connectivity index (χ2v) is 19.7. The number of aliphatic hydroxyl groups is 1.